The lowest BCUT2D eigenvalue weighted by Crippen LogP contribution is -2.68. The van der Waals surface area contributed by atoms with Crippen molar-refractivity contribution in [2.24, 2.45) is 34.5 Å². The van der Waals surface area contributed by atoms with E-state index in [1.54, 1.807) is 0 Å². The number of unbranched alkanes of at least 4 members (excludes halogenated alkanes) is 4. The fourth-order valence-electron chi connectivity index (χ4n) is 9.83. The molecule has 228 valence electrons. The van der Waals surface area contributed by atoms with Crippen molar-refractivity contribution >= 4 is 11.6 Å². The molecule has 4 nitrogen and oxygen atoms in total. The van der Waals surface area contributed by atoms with E-state index in [9.17, 15) is 9.59 Å². The van der Waals surface area contributed by atoms with Crippen LogP contribution in [0.2, 0.25) is 0 Å². The number of hydrogen-bond acceptors (Lipinski definition) is 4. The maximum atomic E-state index is 13.8. The largest absolute Gasteiger partial charge is 0.378 e. The normalized spacial score (nSPS) is 40.5. The van der Waals surface area contributed by atoms with Crippen LogP contribution < -0.4 is 0 Å². The Morgan fingerprint density at radius 3 is 1.15 bits per heavy atom. The minimum Gasteiger partial charge on any atom is -0.378 e. The van der Waals surface area contributed by atoms with Crippen LogP contribution in [0.1, 0.15) is 155 Å². The maximum absolute atomic E-state index is 13.8. The van der Waals surface area contributed by atoms with E-state index in [2.05, 4.69) is 13.8 Å². The predicted octanol–water partition coefficient (Wildman–Crippen LogP) is 9.02. The van der Waals surface area contributed by atoms with Gasteiger partial charge in [0.25, 0.3) is 0 Å². The molecule has 5 saturated carbocycles. The van der Waals surface area contributed by atoms with Gasteiger partial charge in [0.05, 0.1) is 23.0 Å². The van der Waals surface area contributed by atoms with Crippen LogP contribution in [-0.4, -0.2) is 37.0 Å². The molecule has 5 fully saturated rings. The Morgan fingerprint density at radius 2 is 0.825 bits per heavy atom. The van der Waals surface area contributed by atoms with Crippen molar-refractivity contribution in [2.45, 2.75) is 167 Å². The summed E-state index contributed by atoms with van der Waals surface area (Å²) in [6.07, 6.45) is 26.0. The molecule has 0 bridgehead atoms. The Balaban J connectivity index is 1.02. The highest BCUT2D eigenvalue weighted by Crippen LogP contribution is 2.62. The second-order valence-corrected chi connectivity index (χ2v) is 14.7. The summed E-state index contributed by atoms with van der Waals surface area (Å²) in [7, 11) is 0. The van der Waals surface area contributed by atoms with Crippen LogP contribution in [0.4, 0.5) is 0 Å². The van der Waals surface area contributed by atoms with Crippen LogP contribution in [0.25, 0.3) is 0 Å². The number of ketones is 2. The van der Waals surface area contributed by atoms with Crippen LogP contribution in [0, 0.1) is 34.5 Å². The summed E-state index contributed by atoms with van der Waals surface area (Å²) < 4.78 is 12.3. The monoisotopic (exact) mass is 556 g/mol. The molecule has 2 spiro atoms. The highest BCUT2D eigenvalue weighted by Gasteiger charge is 2.71. The van der Waals surface area contributed by atoms with Crippen LogP contribution in [0.3, 0.4) is 0 Å². The van der Waals surface area contributed by atoms with Crippen LogP contribution in [-0.2, 0) is 19.1 Å². The Kier molecular flexibility index (Phi) is 10.9. The Bertz CT molecular complexity index is 719. The fraction of sp³-hybridized carbons (Fsp3) is 0.944. The minimum atomic E-state index is -0.587. The average molecular weight is 557 g/mol. The topological polar surface area (TPSA) is 52.6 Å². The highest BCUT2D eigenvalue weighted by molar-refractivity contribution is 6.30. The van der Waals surface area contributed by atoms with E-state index in [0.29, 0.717) is 35.6 Å². The summed E-state index contributed by atoms with van der Waals surface area (Å²) in [6, 6.07) is 0. The number of carbonyl (C=O) groups is 2. The lowest BCUT2D eigenvalue weighted by molar-refractivity contribution is -0.179. The molecule has 4 heteroatoms. The number of hydrogen-bond donors (Lipinski definition) is 0. The number of Topliss-reactive ketones (excluding diaryl/α,β-unsaturated/α-hetero) is 2. The molecule has 0 N–H and O–H groups in total. The third-order valence-corrected chi connectivity index (χ3v) is 12.5. The third kappa shape index (κ3) is 6.43. The van der Waals surface area contributed by atoms with Crippen molar-refractivity contribution in [3.8, 4) is 0 Å². The number of rotatable bonds is 12. The minimum absolute atomic E-state index is 0.371. The van der Waals surface area contributed by atoms with E-state index >= 15 is 0 Å². The van der Waals surface area contributed by atoms with E-state index in [1.165, 1.54) is 89.9 Å². The van der Waals surface area contributed by atoms with Gasteiger partial charge in [-0.25, -0.2) is 0 Å². The molecule has 0 aromatic carbocycles. The van der Waals surface area contributed by atoms with Gasteiger partial charge in [0.2, 0.25) is 0 Å². The van der Waals surface area contributed by atoms with Gasteiger partial charge in [-0.3, -0.25) is 9.59 Å². The van der Waals surface area contributed by atoms with E-state index in [4.69, 9.17) is 9.47 Å². The zero-order valence-electron chi connectivity index (χ0n) is 26.1. The predicted molar refractivity (Wildman–Crippen MR) is 161 cm³/mol. The van der Waals surface area contributed by atoms with Crippen molar-refractivity contribution in [3.63, 3.8) is 0 Å². The first kappa shape index (κ1) is 30.7. The van der Waals surface area contributed by atoms with Crippen molar-refractivity contribution in [1.29, 1.82) is 0 Å². The third-order valence-electron chi connectivity index (χ3n) is 12.5. The quantitative estimate of drug-likeness (QED) is 0.178. The first-order valence-corrected chi connectivity index (χ1v) is 17.9. The van der Waals surface area contributed by atoms with Gasteiger partial charge in [-0.1, -0.05) is 39.5 Å². The molecule has 0 aliphatic heterocycles. The van der Waals surface area contributed by atoms with Gasteiger partial charge in [-0.05, 0) is 139 Å². The van der Waals surface area contributed by atoms with Crippen LogP contribution in [0.15, 0.2) is 0 Å². The van der Waals surface area contributed by atoms with Crippen LogP contribution in [0.5, 0.6) is 0 Å². The molecule has 5 rings (SSSR count). The smallest absolute Gasteiger partial charge is 0.159 e. The van der Waals surface area contributed by atoms with Gasteiger partial charge in [0.1, 0.15) is 0 Å². The molecule has 0 atom stereocenters. The van der Waals surface area contributed by atoms with Crippen molar-refractivity contribution in [1.82, 2.24) is 0 Å². The first-order valence-electron chi connectivity index (χ1n) is 17.9. The van der Waals surface area contributed by atoms with E-state index < -0.39 is 10.8 Å². The van der Waals surface area contributed by atoms with Gasteiger partial charge < -0.3 is 9.47 Å². The van der Waals surface area contributed by atoms with E-state index in [-0.39, 0.29) is 0 Å². The second kappa shape index (κ2) is 14.2. The molecule has 0 radical (unpaired) electrons. The molecule has 0 amide bonds. The molecule has 40 heavy (non-hydrogen) atoms. The van der Waals surface area contributed by atoms with Gasteiger partial charge in [0, 0.05) is 13.2 Å². The number of carbonyl (C=O) groups excluding carboxylic acids is 2. The van der Waals surface area contributed by atoms with E-state index in [1.807, 2.05) is 0 Å². The second-order valence-electron chi connectivity index (χ2n) is 14.7. The molecule has 0 saturated heterocycles. The first-order chi connectivity index (χ1) is 19.5. The van der Waals surface area contributed by atoms with Crippen molar-refractivity contribution in [3.05, 3.63) is 0 Å². The van der Waals surface area contributed by atoms with Gasteiger partial charge in [0.15, 0.2) is 11.6 Å². The molecule has 5 aliphatic carbocycles. The zero-order valence-corrected chi connectivity index (χ0v) is 26.1. The SMILES string of the molecule is CCCCCOC1CCC(C2CCC3(CC2)C(=O)C2(CCC(C4CCC(OCCCCC)CC4)CC2)C3=O)CC1. The van der Waals surface area contributed by atoms with E-state index in [0.717, 1.165) is 76.4 Å². The summed E-state index contributed by atoms with van der Waals surface area (Å²) >= 11 is 0. The summed E-state index contributed by atoms with van der Waals surface area (Å²) in [4.78, 5) is 27.6. The lowest BCUT2D eigenvalue weighted by Gasteiger charge is -2.58. The Morgan fingerprint density at radius 1 is 0.500 bits per heavy atom. The molecular weight excluding hydrogens is 496 g/mol. The highest BCUT2D eigenvalue weighted by atomic mass is 16.5. The number of ether oxygens (including phenoxy) is 2. The van der Waals surface area contributed by atoms with Crippen molar-refractivity contribution < 1.29 is 19.1 Å². The molecule has 0 aromatic heterocycles. The molecule has 0 unspecified atom stereocenters. The summed E-state index contributed by atoms with van der Waals surface area (Å²) in [5, 5.41) is 0. The molecular formula is C36H60O4. The summed E-state index contributed by atoms with van der Waals surface area (Å²) in [5.41, 5.74) is -1.17. The maximum Gasteiger partial charge on any atom is 0.159 e. The van der Waals surface area contributed by atoms with Gasteiger partial charge >= 0.3 is 0 Å². The van der Waals surface area contributed by atoms with Gasteiger partial charge in [-0.15, -0.1) is 0 Å². The molecule has 0 heterocycles. The summed E-state index contributed by atoms with van der Waals surface area (Å²) in [6.45, 7) is 6.34. The molecule has 5 aliphatic rings. The van der Waals surface area contributed by atoms with Crippen molar-refractivity contribution in [2.75, 3.05) is 13.2 Å². The Hall–Kier alpha value is -0.740. The molecule has 0 aromatic rings. The van der Waals surface area contributed by atoms with Gasteiger partial charge in [-0.2, -0.15) is 0 Å². The zero-order chi connectivity index (χ0) is 28.0. The average Bonchev–Trinajstić information content (AvgIpc) is 3.02. The standard InChI is InChI=1S/C36H60O4/c1-3-5-7-25-39-31-13-9-27(10-14-31)29-17-21-35(22-18-29)33(37)36(34(35)38)23-19-30(20-24-36)28-11-15-32(16-12-28)40-26-8-6-4-2/h27-32H,3-26H2,1-2H3. The summed E-state index contributed by atoms with van der Waals surface area (Å²) in [5.74, 6) is 3.72. The fourth-order valence-corrected chi connectivity index (χ4v) is 9.83. The van der Waals surface area contributed by atoms with Crippen LogP contribution >= 0.6 is 0 Å². The Labute approximate surface area is 245 Å². The lowest BCUT2D eigenvalue weighted by atomic mass is 9.41.